The molecule has 0 radical (unpaired) electrons. The number of hydrogen-bond acceptors (Lipinski definition) is 4. The van der Waals surface area contributed by atoms with Gasteiger partial charge in [-0.25, -0.2) is 0 Å². The van der Waals surface area contributed by atoms with Gasteiger partial charge in [0.2, 0.25) is 5.91 Å². The van der Waals surface area contributed by atoms with Crippen molar-refractivity contribution in [3.63, 3.8) is 0 Å². The standard InChI is InChI=1S/C16H24N2O3.ClH/c1-20-14-4-6-15(7-5-14)21-12-2-3-16(19)18-13-8-10-17-11-9-13;/h4-7,13,17H,2-3,8-12H2,1H3,(H,18,19);1H. The smallest absolute Gasteiger partial charge is 0.220 e. The average Bonchev–Trinajstić information content (AvgIpc) is 2.53. The Kier molecular flexibility index (Phi) is 8.70. The number of benzene rings is 1. The number of amides is 1. The Balaban J connectivity index is 0.00000242. The van der Waals surface area contributed by atoms with Crippen molar-refractivity contribution >= 4 is 18.3 Å². The number of methoxy groups -OCH3 is 1. The van der Waals surface area contributed by atoms with Crippen LogP contribution in [0.2, 0.25) is 0 Å². The predicted octanol–water partition coefficient (Wildman–Crippen LogP) is 2.14. The molecular formula is C16H25ClN2O3. The van der Waals surface area contributed by atoms with Crippen LogP contribution in [0.3, 0.4) is 0 Å². The Bertz CT molecular complexity index is 434. The Morgan fingerprint density at radius 3 is 2.50 bits per heavy atom. The van der Waals surface area contributed by atoms with Gasteiger partial charge in [-0.1, -0.05) is 0 Å². The van der Waals surface area contributed by atoms with E-state index in [-0.39, 0.29) is 18.3 Å². The van der Waals surface area contributed by atoms with E-state index in [4.69, 9.17) is 9.47 Å². The summed E-state index contributed by atoms with van der Waals surface area (Å²) in [4.78, 5) is 11.8. The third-order valence-corrected chi connectivity index (χ3v) is 3.58. The van der Waals surface area contributed by atoms with Gasteiger partial charge >= 0.3 is 0 Å². The highest BCUT2D eigenvalue weighted by atomic mass is 35.5. The SMILES string of the molecule is COc1ccc(OCCCC(=O)NC2CCNCC2)cc1.Cl. The normalized spacial score (nSPS) is 14.8. The first kappa shape index (κ1) is 18.6. The van der Waals surface area contributed by atoms with Crippen LogP contribution in [0.25, 0.3) is 0 Å². The van der Waals surface area contributed by atoms with Gasteiger partial charge < -0.3 is 20.1 Å². The number of halogens is 1. The zero-order valence-corrected chi connectivity index (χ0v) is 13.8. The molecule has 0 bridgehead atoms. The quantitative estimate of drug-likeness (QED) is 0.753. The third-order valence-electron chi connectivity index (χ3n) is 3.58. The molecule has 0 aromatic heterocycles. The van der Waals surface area contributed by atoms with Gasteiger partial charge in [0, 0.05) is 12.5 Å². The summed E-state index contributed by atoms with van der Waals surface area (Å²) in [5.74, 6) is 1.73. The van der Waals surface area contributed by atoms with Crippen molar-refractivity contribution < 1.29 is 14.3 Å². The maximum absolute atomic E-state index is 11.8. The van der Waals surface area contributed by atoms with Gasteiger partial charge in [0.15, 0.2) is 0 Å². The second kappa shape index (κ2) is 10.3. The molecule has 1 heterocycles. The van der Waals surface area contributed by atoms with E-state index < -0.39 is 0 Å². The molecular weight excluding hydrogens is 304 g/mol. The second-order valence-electron chi connectivity index (χ2n) is 5.22. The van der Waals surface area contributed by atoms with Crippen LogP contribution in [0, 0.1) is 0 Å². The molecule has 1 aliphatic heterocycles. The Labute approximate surface area is 138 Å². The molecule has 5 nitrogen and oxygen atoms in total. The molecule has 1 saturated heterocycles. The van der Waals surface area contributed by atoms with Crippen LogP contribution < -0.4 is 20.1 Å². The number of nitrogens with one attached hydrogen (secondary N) is 2. The van der Waals surface area contributed by atoms with Crippen molar-refractivity contribution in [2.45, 2.75) is 31.7 Å². The van der Waals surface area contributed by atoms with Crippen LogP contribution in [0.15, 0.2) is 24.3 Å². The lowest BCUT2D eigenvalue weighted by atomic mass is 10.1. The molecule has 1 amide bonds. The summed E-state index contributed by atoms with van der Waals surface area (Å²) >= 11 is 0. The zero-order valence-electron chi connectivity index (χ0n) is 13.0. The van der Waals surface area contributed by atoms with E-state index in [0.29, 0.717) is 19.1 Å². The maximum Gasteiger partial charge on any atom is 0.220 e. The molecule has 124 valence electrons. The van der Waals surface area contributed by atoms with E-state index in [1.807, 2.05) is 24.3 Å². The van der Waals surface area contributed by atoms with Crippen LogP contribution >= 0.6 is 12.4 Å². The summed E-state index contributed by atoms with van der Waals surface area (Å²) in [5.41, 5.74) is 0. The molecule has 6 heteroatoms. The molecule has 0 aliphatic carbocycles. The van der Waals surface area contributed by atoms with Gasteiger partial charge in [-0.15, -0.1) is 12.4 Å². The van der Waals surface area contributed by atoms with Gasteiger partial charge in [0.25, 0.3) is 0 Å². The van der Waals surface area contributed by atoms with Crippen molar-refractivity contribution in [3.8, 4) is 11.5 Å². The molecule has 2 N–H and O–H groups in total. The minimum Gasteiger partial charge on any atom is -0.497 e. The molecule has 0 spiro atoms. The molecule has 1 aromatic rings. The Morgan fingerprint density at radius 2 is 1.86 bits per heavy atom. The van der Waals surface area contributed by atoms with Crippen LogP contribution in [0.1, 0.15) is 25.7 Å². The van der Waals surface area contributed by atoms with Crippen LogP contribution in [0.5, 0.6) is 11.5 Å². The summed E-state index contributed by atoms with van der Waals surface area (Å²) < 4.78 is 10.7. The first-order valence-electron chi connectivity index (χ1n) is 7.55. The second-order valence-corrected chi connectivity index (χ2v) is 5.22. The number of carbonyl (C=O) groups excluding carboxylic acids is 1. The number of carbonyl (C=O) groups is 1. The summed E-state index contributed by atoms with van der Waals surface area (Å²) in [6.45, 7) is 2.53. The number of ether oxygens (including phenoxy) is 2. The van der Waals surface area contributed by atoms with E-state index >= 15 is 0 Å². The van der Waals surface area contributed by atoms with E-state index in [9.17, 15) is 4.79 Å². The first-order valence-corrected chi connectivity index (χ1v) is 7.55. The van der Waals surface area contributed by atoms with E-state index in [1.54, 1.807) is 7.11 Å². The lowest BCUT2D eigenvalue weighted by Crippen LogP contribution is -2.42. The highest BCUT2D eigenvalue weighted by molar-refractivity contribution is 5.85. The zero-order chi connectivity index (χ0) is 14.9. The third kappa shape index (κ3) is 6.54. The minimum atomic E-state index is 0. The molecule has 1 fully saturated rings. The van der Waals surface area contributed by atoms with Crippen LogP contribution in [-0.4, -0.2) is 38.8 Å². The highest BCUT2D eigenvalue weighted by Gasteiger charge is 2.14. The van der Waals surface area contributed by atoms with E-state index in [1.165, 1.54) is 0 Å². The van der Waals surface area contributed by atoms with Crippen molar-refractivity contribution in [3.05, 3.63) is 24.3 Å². The van der Waals surface area contributed by atoms with Gasteiger partial charge in [-0.05, 0) is 56.6 Å². The minimum absolute atomic E-state index is 0. The van der Waals surface area contributed by atoms with Crippen molar-refractivity contribution in [1.82, 2.24) is 10.6 Å². The monoisotopic (exact) mass is 328 g/mol. The largest absolute Gasteiger partial charge is 0.497 e. The topological polar surface area (TPSA) is 59.6 Å². The molecule has 0 unspecified atom stereocenters. The summed E-state index contributed by atoms with van der Waals surface area (Å²) in [5, 5.41) is 6.37. The fraction of sp³-hybridized carbons (Fsp3) is 0.562. The van der Waals surface area contributed by atoms with E-state index in [2.05, 4.69) is 10.6 Å². The van der Waals surface area contributed by atoms with Crippen molar-refractivity contribution in [2.75, 3.05) is 26.8 Å². The van der Waals surface area contributed by atoms with Crippen LogP contribution in [0.4, 0.5) is 0 Å². The fourth-order valence-corrected chi connectivity index (χ4v) is 2.36. The summed E-state index contributed by atoms with van der Waals surface area (Å²) in [6.07, 6.45) is 3.28. The number of rotatable bonds is 7. The van der Waals surface area contributed by atoms with Crippen LogP contribution in [-0.2, 0) is 4.79 Å². The molecule has 22 heavy (non-hydrogen) atoms. The van der Waals surface area contributed by atoms with E-state index in [0.717, 1.165) is 43.9 Å². The van der Waals surface area contributed by atoms with Gasteiger partial charge in [-0.3, -0.25) is 4.79 Å². The number of hydrogen-bond donors (Lipinski definition) is 2. The Hall–Kier alpha value is -1.46. The molecule has 1 aliphatic rings. The predicted molar refractivity (Wildman–Crippen MR) is 89.0 cm³/mol. The summed E-state index contributed by atoms with van der Waals surface area (Å²) in [6, 6.07) is 7.79. The lowest BCUT2D eigenvalue weighted by molar-refractivity contribution is -0.122. The number of piperidine rings is 1. The van der Waals surface area contributed by atoms with Crippen molar-refractivity contribution in [2.24, 2.45) is 0 Å². The molecule has 1 aromatic carbocycles. The van der Waals surface area contributed by atoms with Gasteiger partial charge in [0.1, 0.15) is 11.5 Å². The summed E-state index contributed by atoms with van der Waals surface area (Å²) in [7, 11) is 1.64. The molecule has 2 rings (SSSR count). The Morgan fingerprint density at radius 1 is 1.23 bits per heavy atom. The van der Waals surface area contributed by atoms with Gasteiger partial charge in [0.05, 0.1) is 13.7 Å². The fourth-order valence-electron chi connectivity index (χ4n) is 2.36. The highest BCUT2D eigenvalue weighted by Crippen LogP contribution is 2.17. The molecule has 0 atom stereocenters. The first-order chi connectivity index (χ1) is 10.3. The maximum atomic E-state index is 11.8. The lowest BCUT2D eigenvalue weighted by Gasteiger charge is -2.23. The van der Waals surface area contributed by atoms with Gasteiger partial charge in [-0.2, -0.15) is 0 Å². The molecule has 0 saturated carbocycles. The average molecular weight is 329 g/mol. The van der Waals surface area contributed by atoms with Crippen molar-refractivity contribution in [1.29, 1.82) is 0 Å².